The second-order valence-corrected chi connectivity index (χ2v) is 5.94. The van der Waals surface area contributed by atoms with Crippen molar-refractivity contribution >= 4 is 0 Å². The molecule has 0 saturated carbocycles. The largest absolute Gasteiger partial charge is 0.493 e. The van der Waals surface area contributed by atoms with E-state index in [2.05, 4.69) is 46.1 Å². The van der Waals surface area contributed by atoms with Gasteiger partial charge >= 0.3 is 0 Å². The van der Waals surface area contributed by atoms with Gasteiger partial charge in [-0.25, -0.2) is 0 Å². The van der Waals surface area contributed by atoms with Crippen molar-refractivity contribution in [3.63, 3.8) is 0 Å². The summed E-state index contributed by atoms with van der Waals surface area (Å²) < 4.78 is 11.9. The van der Waals surface area contributed by atoms with Crippen LogP contribution in [-0.2, 0) is 4.74 Å². The van der Waals surface area contributed by atoms with E-state index in [0.717, 1.165) is 33.8 Å². The summed E-state index contributed by atoms with van der Waals surface area (Å²) >= 11 is 0. The van der Waals surface area contributed by atoms with Crippen LogP contribution in [0.15, 0.2) is 54.3 Å². The average molecular weight is 300 g/mol. The summed E-state index contributed by atoms with van der Waals surface area (Å²) in [4.78, 5) is 0. The number of allylic oxidation sites excluding steroid dienone is 3. The summed E-state index contributed by atoms with van der Waals surface area (Å²) in [5.74, 6) is 2.09. The Hall–Kier alpha value is -1.96. The van der Waals surface area contributed by atoms with Crippen LogP contribution < -0.4 is 4.74 Å². The van der Waals surface area contributed by atoms with Crippen molar-refractivity contribution in [3.05, 3.63) is 65.5 Å². The van der Waals surface area contributed by atoms with Gasteiger partial charge in [0.15, 0.2) is 0 Å². The standard InChI is InChI=1S/C20H28O2/c1-8-16(5)19(14(2)3)21-12-15(4)13-22-20-17(6)10-9-11-18(20)7/h8-11,15H,1-2,12-13H2,3-7H3/b19-16+. The molecule has 1 rings (SSSR count). The first-order valence-corrected chi connectivity index (χ1v) is 7.67. The zero-order valence-corrected chi connectivity index (χ0v) is 14.5. The Kier molecular flexibility index (Phi) is 6.97. The third-order valence-electron chi connectivity index (χ3n) is 3.49. The lowest BCUT2D eigenvalue weighted by molar-refractivity contribution is 0.139. The lowest BCUT2D eigenvalue weighted by atomic mass is 10.1. The van der Waals surface area contributed by atoms with Gasteiger partial charge in [0.05, 0.1) is 13.2 Å². The molecule has 120 valence electrons. The van der Waals surface area contributed by atoms with E-state index in [1.165, 1.54) is 0 Å². The average Bonchev–Trinajstić information content (AvgIpc) is 2.46. The highest BCUT2D eigenvalue weighted by Gasteiger charge is 2.10. The number of para-hydroxylation sites is 1. The van der Waals surface area contributed by atoms with E-state index >= 15 is 0 Å². The van der Waals surface area contributed by atoms with E-state index in [9.17, 15) is 0 Å². The van der Waals surface area contributed by atoms with Gasteiger partial charge in [-0.3, -0.25) is 0 Å². The topological polar surface area (TPSA) is 18.5 Å². The highest BCUT2D eigenvalue weighted by molar-refractivity contribution is 5.39. The summed E-state index contributed by atoms with van der Waals surface area (Å²) in [6.07, 6.45) is 1.79. The molecule has 0 radical (unpaired) electrons. The lowest BCUT2D eigenvalue weighted by Gasteiger charge is -2.19. The van der Waals surface area contributed by atoms with Crippen LogP contribution in [0.1, 0.15) is 31.9 Å². The molecule has 22 heavy (non-hydrogen) atoms. The monoisotopic (exact) mass is 300 g/mol. The third kappa shape index (κ3) is 5.10. The van der Waals surface area contributed by atoms with Crippen LogP contribution in [0.25, 0.3) is 0 Å². The van der Waals surface area contributed by atoms with Crippen molar-refractivity contribution in [2.75, 3.05) is 13.2 Å². The molecule has 0 aromatic heterocycles. The fourth-order valence-corrected chi connectivity index (χ4v) is 2.19. The Balaban J connectivity index is 2.59. The molecule has 0 aliphatic carbocycles. The van der Waals surface area contributed by atoms with Gasteiger partial charge in [-0.05, 0) is 50.0 Å². The number of hydrogen-bond donors (Lipinski definition) is 0. The molecule has 1 aromatic carbocycles. The molecule has 2 nitrogen and oxygen atoms in total. The number of benzene rings is 1. The minimum absolute atomic E-state index is 0.283. The molecule has 2 heteroatoms. The maximum absolute atomic E-state index is 5.97. The molecule has 0 bridgehead atoms. The Morgan fingerprint density at radius 3 is 2.27 bits per heavy atom. The number of rotatable bonds is 8. The van der Waals surface area contributed by atoms with E-state index in [1.807, 2.05) is 19.9 Å². The van der Waals surface area contributed by atoms with E-state index in [-0.39, 0.29) is 5.92 Å². The van der Waals surface area contributed by atoms with Crippen LogP contribution in [0.2, 0.25) is 0 Å². The first-order valence-electron chi connectivity index (χ1n) is 7.67. The molecule has 1 atom stereocenters. The molecule has 0 N–H and O–H groups in total. The SMILES string of the molecule is C=C/C(C)=C(/OCC(C)COc1c(C)cccc1C)C(=C)C. The molecule has 1 aromatic rings. The van der Waals surface area contributed by atoms with Crippen LogP contribution >= 0.6 is 0 Å². The summed E-state index contributed by atoms with van der Waals surface area (Å²) in [6.45, 7) is 19.1. The second kappa shape index (κ2) is 8.47. The second-order valence-electron chi connectivity index (χ2n) is 5.94. The maximum atomic E-state index is 5.97. The van der Waals surface area contributed by atoms with E-state index in [0.29, 0.717) is 13.2 Å². The van der Waals surface area contributed by atoms with Gasteiger partial charge in [0.1, 0.15) is 11.5 Å². The Bertz CT molecular complexity index is 547. The van der Waals surface area contributed by atoms with Crippen molar-refractivity contribution in [3.8, 4) is 5.75 Å². The summed E-state index contributed by atoms with van der Waals surface area (Å²) in [7, 11) is 0. The highest BCUT2D eigenvalue weighted by atomic mass is 16.5. The van der Waals surface area contributed by atoms with E-state index in [4.69, 9.17) is 9.47 Å². The summed E-state index contributed by atoms with van der Waals surface area (Å²) in [5.41, 5.74) is 4.26. The van der Waals surface area contributed by atoms with Crippen LogP contribution in [0, 0.1) is 19.8 Å². The molecule has 0 aliphatic rings. The maximum Gasteiger partial charge on any atom is 0.125 e. The van der Waals surface area contributed by atoms with E-state index in [1.54, 1.807) is 6.08 Å². The van der Waals surface area contributed by atoms with Crippen molar-refractivity contribution in [2.24, 2.45) is 5.92 Å². The van der Waals surface area contributed by atoms with Gasteiger partial charge in [0.2, 0.25) is 0 Å². The molecule has 1 unspecified atom stereocenters. The first kappa shape index (κ1) is 18.1. The fourth-order valence-electron chi connectivity index (χ4n) is 2.19. The molecule has 0 saturated heterocycles. The van der Waals surface area contributed by atoms with Crippen molar-refractivity contribution in [2.45, 2.75) is 34.6 Å². The van der Waals surface area contributed by atoms with E-state index < -0.39 is 0 Å². The molecule has 0 heterocycles. The number of aryl methyl sites for hydroxylation is 2. The van der Waals surface area contributed by atoms with Crippen LogP contribution in [0.5, 0.6) is 5.75 Å². The van der Waals surface area contributed by atoms with Gasteiger partial charge in [0.25, 0.3) is 0 Å². The Morgan fingerprint density at radius 2 is 1.77 bits per heavy atom. The summed E-state index contributed by atoms with van der Waals surface area (Å²) in [5, 5.41) is 0. The molecule has 0 fully saturated rings. The molecule has 0 amide bonds. The van der Waals surface area contributed by atoms with Crippen molar-refractivity contribution in [1.82, 2.24) is 0 Å². The van der Waals surface area contributed by atoms with Crippen molar-refractivity contribution in [1.29, 1.82) is 0 Å². The quantitative estimate of drug-likeness (QED) is 0.474. The zero-order chi connectivity index (χ0) is 16.7. The molecular weight excluding hydrogens is 272 g/mol. The van der Waals surface area contributed by atoms with Gasteiger partial charge in [-0.1, -0.05) is 44.4 Å². The Morgan fingerprint density at radius 1 is 1.18 bits per heavy atom. The van der Waals surface area contributed by atoms with Crippen LogP contribution in [0.3, 0.4) is 0 Å². The van der Waals surface area contributed by atoms with Crippen LogP contribution in [0.4, 0.5) is 0 Å². The number of hydrogen-bond acceptors (Lipinski definition) is 2. The smallest absolute Gasteiger partial charge is 0.125 e. The lowest BCUT2D eigenvalue weighted by Crippen LogP contribution is -2.16. The van der Waals surface area contributed by atoms with Gasteiger partial charge in [-0.2, -0.15) is 0 Å². The summed E-state index contributed by atoms with van der Waals surface area (Å²) in [6, 6.07) is 6.18. The van der Waals surface area contributed by atoms with Crippen molar-refractivity contribution < 1.29 is 9.47 Å². The third-order valence-corrected chi connectivity index (χ3v) is 3.49. The highest BCUT2D eigenvalue weighted by Crippen LogP contribution is 2.23. The molecule has 0 aliphatic heterocycles. The van der Waals surface area contributed by atoms with Gasteiger partial charge < -0.3 is 9.47 Å². The first-order chi connectivity index (χ1) is 10.4. The predicted octanol–water partition coefficient (Wildman–Crippen LogP) is 5.37. The predicted molar refractivity (Wildman–Crippen MR) is 94.2 cm³/mol. The van der Waals surface area contributed by atoms with Gasteiger partial charge in [-0.15, -0.1) is 0 Å². The minimum Gasteiger partial charge on any atom is -0.493 e. The normalized spacial score (nSPS) is 13.1. The zero-order valence-electron chi connectivity index (χ0n) is 14.5. The Labute approximate surface area is 135 Å². The number of ether oxygens (including phenoxy) is 2. The fraction of sp³-hybridized carbons (Fsp3) is 0.400. The van der Waals surface area contributed by atoms with Gasteiger partial charge in [0, 0.05) is 5.92 Å². The van der Waals surface area contributed by atoms with Crippen LogP contribution in [-0.4, -0.2) is 13.2 Å². The molecular formula is C20H28O2. The molecule has 0 spiro atoms. The minimum atomic E-state index is 0.283.